The molecule has 1 N–H and O–H groups in total. The van der Waals surface area contributed by atoms with Gasteiger partial charge < -0.3 is 10.2 Å². The second-order valence-electron chi connectivity index (χ2n) is 8.99. The SMILES string of the molecule is O=C(c1nn2c(c1Cl)N[C@@H](c1ccccc1)C[C@H]2C(F)(F)F)N(Cc1ccccc1)Cc1ccccc1. The Morgan fingerprint density at radius 2 is 1.43 bits per heavy atom. The summed E-state index contributed by atoms with van der Waals surface area (Å²) in [5.41, 5.74) is 2.24. The Kier molecular flexibility index (Phi) is 6.93. The van der Waals surface area contributed by atoms with Gasteiger partial charge >= 0.3 is 6.18 Å². The summed E-state index contributed by atoms with van der Waals surface area (Å²) < 4.78 is 43.3. The standard InChI is InChI=1S/C28H24ClF3N4O/c29-24-25(27(37)35(17-19-10-4-1-5-11-19)18-20-12-6-2-7-13-20)34-36-23(28(30,31)32)16-22(33-26(24)36)21-14-8-3-9-15-21/h1-15,22-23,33H,16-18H2/t22-,23+/m1/s1. The molecule has 37 heavy (non-hydrogen) atoms. The monoisotopic (exact) mass is 524 g/mol. The molecule has 1 aromatic heterocycles. The molecule has 0 saturated carbocycles. The number of anilines is 1. The van der Waals surface area contributed by atoms with Crippen LogP contribution in [-0.4, -0.2) is 26.8 Å². The first kappa shape index (κ1) is 24.9. The molecule has 0 spiro atoms. The van der Waals surface area contributed by atoms with Crippen molar-refractivity contribution in [3.63, 3.8) is 0 Å². The first-order valence-electron chi connectivity index (χ1n) is 11.8. The summed E-state index contributed by atoms with van der Waals surface area (Å²) >= 11 is 6.59. The van der Waals surface area contributed by atoms with Crippen molar-refractivity contribution < 1.29 is 18.0 Å². The minimum atomic E-state index is -4.58. The topological polar surface area (TPSA) is 50.2 Å². The van der Waals surface area contributed by atoms with Gasteiger partial charge in [-0.05, 0) is 16.7 Å². The quantitative estimate of drug-likeness (QED) is 0.294. The van der Waals surface area contributed by atoms with Crippen LogP contribution in [-0.2, 0) is 13.1 Å². The summed E-state index contributed by atoms with van der Waals surface area (Å²) in [7, 11) is 0. The average Bonchev–Trinajstić information content (AvgIpc) is 3.24. The third-order valence-corrected chi connectivity index (χ3v) is 6.78. The van der Waals surface area contributed by atoms with Gasteiger partial charge in [-0.2, -0.15) is 18.3 Å². The lowest BCUT2D eigenvalue weighted by Crippen LogP contribution is -2.36. The van der Waals surface area contributed by atoms with E-state index in [1.165, 1.54) is 0 Å². The van der Waals surface area contributed by atoms with Crippen LogP contribution in [0.15, 0.2) is 91.0 Å². The van der Waals surface area contributed by atoms with Crippen molar-refractivity contribution in [2.75, 3.05) is 5.32 Å². The zero-order valence-corrected chi connectivity index (χ0v) is 20.5. The van der Waals surface area contributed by atoms with Crippen LogP contribution in [0.4, 0.5) is 19.0 Å². The number of hydrogen-bond donors (Lipinski definition) is 1. The number of nitrogens with one attached hydrogen (secondary N) is 1. The highest BCUT2D eigenvalue weighted by Gasteiger charge is 2.48. The van der Waals surface area contributed by atoms with E-state index in [9.17, 15) is 18.0 Å². The third-order valence-electron chi connectivity index (χ3n) is 6.42. The van der Waals surface area contributed by atoms with E-state index in [0.29, 0.717) is 5.56 Å². The molecule has 4 aromatic rings. The molecule has 9 heteroatoms. The first-order valence-corrected chi connectivity index (χ1v) is 12.2. The highest BCUT2D eigenvalue weighted by Crippen LogP contribution is 2.46. The lowest BCUT2D eigenvalue weighted by Gasteiger charge is -2.33. The van der Waals surface area contributed by atoms with Gasteiger partial charge in [-0.15, -0.1) is 0 Å². The van der Waals surface area contributed by atoms with E-state index >= 15 is 0 Å². The third kappa shape index (κ3) is 5.34. The number of amides is 1. The van der Waals surface area contributed by atoms with E-state index in [1.54, 1.807) is 35.2 Å². The number of aromatic nitrogens is 2. The molecular formula is C28H24ClF3N4O. The highest BCUT2D eigenvalue weighted by atomic mass is 35.5. The maximum atomic E-state index is 14.2. The van der Waals surface area contributed by atoms with Crippen molar-refractivity contribution in [3.05, 3.63) is 118 Å². The Balaban J connectivity index is 1.52. The van der Waals surface area contributed by atoms with Crippen LogP contribution in [0.25, 0.3) is 0 Å². The molecular weight excluding hydrogens is 501 g/mol. The van der Waals surface area contributed by atoms with Crippen molar-refractivity contribution in [1.29, 1.82) is 0 Å². The first-order chi connectivity index (χ1) is 17.8. The number of carbonyl (C=O) groups is 1. The number of fused-ring (bicyclic) bond motifs is 1. The normalized spacial score (nSPS) is 17.1. The van der Waals surface area contributed by atoms with E-state index in [4.69, 9.17) is 11.6 Å². The lowest BCUT2D eigenvalue weighted by molar-refractivity contribution is -0.173. The second-order valence-corrected chi connectivity index (χ2v) is 9.37. The molecule has 1 aliphatic heterocycles. The molecule has 5 rings (SSSR count). The van der Waals surface area contributed by atoms with Gasteiger partial charge in [-0.25, -0.2) is 4.68 Å². The zero-order chi connectivity index (χ0) is 26.0. The molecule has 2 heterocycles. The van der Waals surface area contributed by atoms with Gasteiger partial charge in [-0.3, -0.25) is 4.79 Å². The van der Waals surface area contributed by atoms with E-state index in [-0.39, 0.29) is 36.0 Å². The smallest absolute Gasteiger partial charge is 0.362 e. The number of alkyl halides is 3. The molecule has 0 saturated heterocycles. The Morgan fingerprint density at radius 1 is 0.919 bits per heavy atom. The van der Waals surface area contributed by atoms with E-state index in [0.717, 1.165) is 15.8 Å². The fourth-order valence-corrected chi connectivity index (χ4v) is 4.85. The predicted molar refractivity (Wildman–Crippen MR) is 136 cm³/mol. The lowest BCUT2D eigenvalue weighted by atomic mass is 9.97. The van der Waals surface area contributed by atoms with E-state index in [2.05, 4.69) is 10.4 Å². The predicted octanol–water partition coefficient (Wildman–Crippen LogP) is 7.04. The van der Waals surface area contributed by atoms with Crippen molar-refractivity contribution in [2.24, 2.45) is 0 Å². The minimum absolute atomic E-state index is 0.00758. The fourth-order valence-electron chi connectivity index (χ4n) is 4.59. The van der Waals surface area contributed by atoms with Crippen molar-refractivity contribution >= 4 is 23.3 Å². The van der Waals surface area contributed by atoms with Gasteiger partial charge in [-0.1, -0.05) is 103 Å². The number of rotatable bonds is 6. The Bertz CT molecular complexity index is 1320. The maximum absolute atomic E-state index is 14.2. The van der Waals surface area contributed by atoms with Crippen molar-refractivity contribution in [2.45, 2.75) is 37.8 Å². The highest BCUT2D eigenvalue weighted by molar-refractivity contribution is 6.36. The molecule has 2 atom stereocenters. The summed E-state index contributed by atoms with van der Waals surface area (Å²) in [5, 5.41) is 7.12. The Labute approximate surface area is 217 Å². The van der Waals surface area contributed by atoms with Crippen LogP contribution in [0.2, 0.25) is 5.02 Å². The van der Waals surface area contributed by atoms with E-state index in [1.807, 2.05) is 60.7 Å². The Morgan fingerprint density at radius 3 is 1.95 bits per heavy atom. The summed E-state index contributed by atoms with van der Waals surface area (Å²) in [6.45, 7) is 0.492. The van der Waals surface area contributed by atoms with Crippen LogP contribution >= 0.6 is 11.6 Å². The Hall–Kier alpha value is -3.78. The molecule has 0 radical (unpaired) electrons. The van der Waals surface area contributed by atoms with Gasteiger partial charge in [0.05, 0.1) is 6.04 Å². The largest absolute Gasteiger partial charge is 0.410 e. The summed E-state index contributed by atoms with van der Waals surface area (Å²) in [6, 6.07) is 25.1. The minimum Gasteiger partial charge on any atom is -0.362 e. The van der Waals surface area contributed by atoms with E-state index < -0.39 is 24.2 Å². The molecule has 0 unspecified atom stereocenters. The zero-order valence-electron chi connectivity index (χ0n) is 19.7. The molecule has 3 aromatic carbocycles. The number of halogens is 4. The van der Waals surface area contributed by atoms with Crippen molar-refractivity contribution in [1.82, 2.24) is 14.7 Å². The average molecular weight is 525 g/mol. The fraction of sp³-hybridized carbons (Fsp3) is 0.214. The number of hydrogen-bond acceptors (Lipinski definition) is 3. The van der Waals surface area contributed by atoms with Gasteiger partial charge in [0, 0.05) is 19.5 Å². The number of nitrogens with zero attached hydrogens (tertiary/aromatic N) is 3. The van der Waals surface area contributed by atoms with Gasteiger partial charge in [0.25, 0.3) is 5.91 Å². The molecule has 0 aliphatic carbocycles. The van der Waals surface area contributed by atoms with Crippen LogP contribution < -0.4 is 5.32 Å². The number of carbonyl (C=O) groups excluding carboxylic acids is 1. The van der Waals surface area contributed by atoms with Crippen molar-refractivity contribution in [3.8, 4) is 0 Å². The summed E-state index contributed by atoms with van der Waals surface area (Å²) in [6.07, 6.45) is -4.85. The maximum Gasteiger partial charge on any atom is 0.410 e. The van der Waals surface area contributed by atoms with Crippen LogP contribution in [0, 0.1) is 0 Å². The molecule has 1 aliphatic rings. The molecule has 0 fully saturated rings. The molecule has 5 nitrogen and oxygen atoms in total. The van der Waals surface area contributed by atoms with Crippen LogP contribution in [0.5, 0.6) is 0 Å². The number of benzene rings is 3. The van der Waals surface area contributed by atoms with Gasteiger partial charge in [0.1, 0.15) is 10.8 Å². The van der Waals surface area contributed by atoms with Gasteiger partial charge in [0.2, 0.25) is 0 Å². The van der Waals surface area contributed by atoms with Crippen LogP contribution in [0.3, 0.4) is 0 Å². The molecule has 1 amide bonds. The second kappa shape index (κ2) is 10.3. The molecule has 190 valence electrons. The molecule has 0 bridgehead atoms. The van der Waals surface area contributed by atoms with Crippen LogP contribution in [0.1, 0.15) is 45.7 Å². The summed E-state index contributed by atoms with van der Waals surface area (Å²) in [5.74, 6) is -0.551. The van der Waals surface area contributed by atoms with Gasteiger partial charge in [0.15, 0.2) is 11.7 Å². The summed E-state index contributed by atoms with van der Waals surface area (Å²) in [4.78, 5) is 15.3.